The summed E-state index contributed by atoms with van der Waals surface area (Å²) in [6, 6.07) is 16.8. The van der Waals surface area contributed by atoms with Crippen LogP contribution in [0.2, 0.25) is 0 Å². The van der Waals surface area contributed by atoms with Crippen molar-refractivity contribution in [1.29, 1.82) is 0 Å². The number of rotatable bonds is 12. The molecule has 0 saturated carbocycles. The lowest BCUT2D eigenvalue weighted by Gasteiger charge is -2.25. The lowest BCUT2D eigenvalue weighted by molar-refractivity contribution is -0.134. The number of benzene rings is 2. The summed E-state index contributed by atoms with van der Waals surface area (Å²) in [5.41, 5.74) is 10.1. The van der Waals surface area contributed by atoms with Crippen molar-refractivity contribution in [3.05, 3.63) is 83.7 Å². The van der Waals surface area contributed by atoms with E-state index in [2.05, 4.69) is 10.0 Å². The number of methoxy groups -OCH3 is 1. The average Bonchev–Trinajstić information content (AvgIpc) is 3.44. The maximum Gasteiger partial charge on any atom is 0.267 e. The van der Waals surface area contributed by atoms with Gasteiger partial charge in [0, 0.05) is 41.9 Å². The third-order valence-corrected chi connectivity index (χ3v) is 8.02. The summed E-state index contributed by atoms with van der Waals surface area (Å²) >= 11 is -0.242. The maximum atomic E-state index is 12.8. The molecule has 0 aliphatic heterocycles. The molecule has 1 heterocycles. The number of thiophene rings is 1. The van der Waals surface area contributed by atoms with Gasteiger partial charge in [-0.3, -0.25) is 14.8 Å². The highest BCUT2D eigenvalue weighted by atomic mass is 32.2. The summed E-state index contributed by atoms with van der Waals surface area (Å²) in [6.07, 6.45) is 1.53. The summed E-state index contributed by atoms with van der Waals surface area (Å²) < 4.78 is 21.3. The number of hydrogen-bond acceptors (Lipinski definition) is 10. The van der Waals surface area contributed by atoms with Crippen molar-refractivity contribution in [1.82, 2.24) is 20.5 Å². The Morgan fingerprint density at radius 2 is 1.95 bits per heavy atom. The van der Waals surface area contributed by atoms with Crippen LogP contribution in [-0.4, -0.2) is 53.3 Å². The first-order valence-electron chi connectivity index (χ1n) is 11.4. The molecule has 0 spiro atoms. The van der Waals surface area contributed by atoms with Crippen LogP contribution < -0.4 is 31.8 Å². The zero-order valence-electron chi connectivity index (χ0n) is 20.8. The quantitative estimate of drug-likeness (QED) is 0.0831. The van der Waals surface area contributed by atoms with Gasteiger partial charge in [-0.25, -0.2) is 11.3 Å². The number of carbonyl (C=O) groups is 2. The van der Waals surface area contributed by atoms with Crippen molar-refractivity contribution < 1.29 is 24.1 Å². The predicted molar refractivity (Wildman–Crippen MR) is 146 cm³/mol. The van der Waals surface area contributed by atoms with E-state index in [1.54, 1.807) is 68.2 Å². The number of hydrazine groups is 1. The van der Waals surface area contributed by atoms with E-state index in [4.69, 9.17) is 21.5 Å². The molecule has 2 aromatic carbocycles. The summed E-state index contributed by atoms with van der Waals surface area (Å²) in [5.74, 6) is 5.85. The van der Waals surface area contributed by atoms with E-state index >= 15 is 0 Å². The zero-order chi connectivity index (χ0) is 27.7. The van der Waals surface area contributed by atoms with Gasteiger partial charge in [-0.2, -0.15) is 0 Å². The Bertz CT molecular complexity index is 1270. The summed E-state index contributed by atoms with van der Waals surface area (Å²) in [6.45, 7) is 0.0235. The van der Waals surface area contributed by atoms with Crippen LogP contribution in [-0.2, 0) is 22.6 Å². The summed E-state index contributed by atoms with van der Waals surface area (Å²) in [7, 11) is 3.12. The van der Waals surface area contributed by atoms with Gasteiger partial charge in [-0.15, -0.1) is 4.72 Å². The fourth-order valence-corrected chi connectivity index (χ4v) is 5.59. The lowest BCUT2D eigenvalue weighted by atomic mass is 10.0. The third-order valence-electron chi connectivity index (χ3n) is 5.48. The molecule has 2 amide bonds. The molecule has 8 N–H and O–H groups in total. The van der Waals surface area contributed by atoms with Gasteiger partial charge >= 0.3 is 0 Å². The van der Waals surface area contributed by atoms with E-state index in [-0.39, 0.29) is 24.6 Å². The molecule has 0 saturated heterocycles. The Morgan fingerprint density at radius 1 is 1.21 bits per heavy atom. The number of hydrogen-bond donors (Lipinski definition) is 6. The minimum atomic E-state index is -1.57. The molecule has 0 aliphatic rings. The van der Waals surface area contributed by atoms with Gasteiger partial charge in [0.2, 0.25) is 4.21 Å². The highest BCUT2D eigenvalue weighted by molar-refractivity contribution is 7.91. The monoisotopic (exact) mass is 558 g/mol. The molecular weight excluding hydrogens is 528 g/mol. The van der Waals surface area contributed by atoms with Gasteiger partial charge in [0.05, 0.1) is 25.0 Å². The fraction of sp³-hybridized carbons (Fsp3) is 0.200. The van der Waals surface area contributed by atoms with Crippen molar-refractivity contribution in [2.75, 3.05) is 20.7 Å². The van der Waals surface area contributed by atoms with E-state index in [1.807, 2.05) is 12.1 Å². The van der Waals surface area contributed by atoms with E-state index in [1.165, 1.54) is 17.5 Å². The van der Waals surface area contributed by atoms with Crippen LogP contribution in [0.3, 0.4) is 0 Å². The van der Waals surface area contributed by atoms with Crippen LogP contribution in [0.1, 0.15) is 15.9 Å². The van der Waals surface area contributed by atoms with Gasteiger partial charge in [0.15, 0.2) is 0 Å². The molecule has 0 radical (unpaired) electrons. The Kier molecular flexibility index (Phi) is 10.5. The largest absolute Gasteiger partial charge is 0.592 e. The minimum Gasteiger partial charge on any atom is -0.592 e. The molecule has 13 heteroatoms. The van der Waals surface area contributed by atoms with E-state index < -0.39 is 23.3 Å². The van der Waals surface area contributed by atoms with Crippen molar-refractivity contribution in [2.24, 2.45) is 11.6 Å². The first-order chi connectivity index (χ1) is 18.2. The number of amides is 2. The highest BCUT2D eigenvalue weighted by Crippen LogP contribution is 2.31. The molecule has 0 fully saturated rings. The van der Waals surface area contributed by atoms with Gasteiger partial charge in [0.25, 0.3) is 11.8 Å². The van der Waals surface area contributed by atoms with Crippen molar-refractivity contribution in [3.63, 3.8) is 0 Å². The van der Waals surface area contributed by atoms with Gasteiger partial charge < -0.3 is 25.3 Å². The normalized spacial score (nSPS) is 12.9. The number of hydroxylamine groups is 1. The van der Waals surface area contributed by atoms with Crippen LogP contribution in [0, 0.1) is 0 Å². The standard InChI is InChI=1S/C25H30N6O5S2/c1-28-24(32)18-5-3-4-17(13-18)22-10-11-23(37-22)38(35)29-14-19(26)15-31(27)21(25(33)30-34)12-16-6-8-20(36-2)9-7-16/h3-11,13,15,21,29,34H,12,14,26-27H2,1-2H3,(H,28,32)(H,30,33)/b19-15-/t21-,38?/m0/s1. The molecule has 11 nitrogen and oxygen atoms in total. The molecule has 3 aromatic rings. The van der Waals surface area contributed by atoms with Gasteiger partial charge in [-0.1, -0.05) is 35.6 Å². The van der Waals surface area contributed by atoms with Crippen LogP contribution in [0.15, 0.2) is 76.8 Å². The Morgan fingerprint density at radius 3 is 2.61 bits per heavy atom. The molecule has 3 rings (SSSR count). The fourth-order valence-electron chi connectivity index (χ4n) is 3.47. The molecule has 202 valence electrons. The predicted octanol–water partition coefficient (Wildman–Crippen LogP) is 1.49. The molecule has 38 heavy (non-hydrogen) atoms. The first kappa shape index (κ1) is 29.0. The van der Waals surface area contributed by atoms with Crippen LogP contribution in [0.5, 0.6) is 5.75 Å². The maximum absolute atomic E-state index is 12.8. The molecular formula is C25H30N6O5S2. The molecule has 1 aromatic heterocycles. The second kappa shape index (κ2) is 13.8. The van der Waals surface area contributed by atoms with Crippen LogP contribution >= 0.6 is 11.3 Å². The topological polar surface area (TPSA) is 178 Å². The van der Waals surface area contributed by atoms with Crippen molar-refractivity contribution in [2.45, 2.75) is 16.7 Å². The highest BCUT2D eigenvalue weighted by Gasteiger charge is 2.23. The van der Waals surface area contributed by atoms with E-state index in [0.717, 1.165) is 21.0 Å². The Balaban J connectivity index is 1.62. The second-order valence-electron chi connectivity index (χ2n) is 8.06. The van der Waals surface area contributed by atoms with Crippen molar-refractivity contribution >= 4 is 34.5 Å². The molecule has 1 unspecified atom stereocenters. The number of nitrogens with one attached hydrogen (secondary N) is 3. The van der Waals surface area contributed by atoms with E-state index in [9.17, 15) is 14.1 Å². The third kappa shape index (κ3) is 7.71. The number of nitrogens with two attached hydrogens (primary N) is 2. The van der Waals surface area contributed by atoms with Crippen LogP contribution in [0.4, 0.5) is 0 Å². The van der Waals surface area contributed by atoms with Gasteiger partial charge in [-0.05, 0) is 41.5 Å². The zero-order valence-corrected chi connectivity index (χ0v) is 22.5. The lowest BCUT2D eigenvalue weighted by Crippen LogP contribution is -2.49. The number of nitrogens with zero attached hydrogens (tertiary/aromatic N) is 1. The number of carbonyl (C=O) groups excluding carboxylic acids is 2. The Labute approximate surface area is 227 Å². The summed E-state index contributed by atoms with van der Waals surface area (Å²) in [5, 5.41) is 12.9. The van der Waals surface area contributed by atoms with Crippen LogP contribution in [0.25, 0.3) is 10.4 Å². The first-order valence-corrected chi connectivity index (χ1v) is 13.4. The van der Waals surface area contributed by atoms with Crippen molar-refractivity contribution in [3.8, 4) is 16.2 Å². The molecule has 2 atom stereocenters. The molecule has 0 bridgehead atoms. The SMILES string of the molecule is CNC(=O)c1cccc(-c2ccc([S+]([O-])NC/C(N)=C/N(N)[C@@H](Cc3ccc(OC)cc3)C(=O)NO)s2)c1. The van der Waals surface area contributed by atoms with E-state index in [0.29, 0.717) is 15.5 Å². The smallest absolute Gasteiger partial charge is 0.267 e. The second-order valence-corrected chi connectivity index (χ2v) is 10.7. The Hall–Kier alpha value is -3.59. The minimum absolute atomic E-state index is 0.0235. The van der Waals surface area contributed by atoms with Gasteiger partial charge in [0.1, 0.15) is 11.8 Å². The average molecular weight is 559 g/mol. The number of ether oxygens (including phenoxy) is 1. The summed E-state index contributed by atoms with van der Waals surface area (Å²) in [4.78, 5) is 25.0. The molecule has 0 aliphatic carbocycles.